The number of nitrogens with one attached hydrogen (secondary N) is 1. The van der Waals surface area contributed by atoms with Crippen LogP contribution in [0.15, 0.2) is 23.1 Å². The Hall–Kier alpha value is -1.75. The molecule has 0 amide bonds. The zero-order chi connectivity index (χ0) is 16.2. The number of sulfonamides is 1. The molecule has 9 nitrogen and oxygen atoms in total. The smallest absolute Gasteiger partial charge is 0.271 e. The van der Waals surface area contributed by atoms with E-state index in [4.69, 9.17) is 10.5 Å². The summed E-state index contributed by atoms with van der Waals surface area (Å²) < 4.78 is 31.4. The molecular formula is C11H17N3O6S. The molecule has 0 fully saturated rings. The highest BCUT2D eigenvalue weighted by Gasteiger charge is 2.24. The van der Waals surface area contributed by atoms with Crippen LogP contribution in [0, 0.1) is 10.1 Å². The second kappa shape index (κ2) is 6.80. The molecule has 21 heavy (non-hydrogen) atoms. The Balaban J connectivity index is 3.11. The molecule has 0 aliphatic carbocycles. The quantitative estimate of drug-likeness (QED) is 0.457. The predicted octanol–water partition coefficient (Wildman–Crippen LogP) is -0.410. The maximum atomic E-state index is 12.2. The fourth-order valence-electron chi connectivity index (χ4n) is 1.44. The van der Waals surface area contributed by atoms with Crippen LogP contribution in [0.25, 0.3) is 0 Å². The summed E-state index contributed by atoms with van der Waals surface area (Å²) in [6, 6.07) is 2.43. The van der Waals surface area contributed by atoms with E-state index in [1.54, 1.807) is 0 Å². The van der Waals surface area contributed by atoms with Gasteiger partial charge in [-0.25, -0.2) is 13.1 Å². The lowest BCUT2D eigenvalue weighted by Gasteiger charge is -2.16. The van der Waals surface area contributed by atoms with E-state index in [2.05, 4.69) is 4.72 Å². The van der Waals surface area contributed by atoms with Gasteiger partial charge in [0.1, 0.15) is 10.6 Å². The van der Waals surface area contributed by atoms with Gasteiger partial charge >= 0.3 is 0 Å². The first-order valence-electron chi connectivity index (χ1n) is 5.94. The van der Waals surface area contributed by atoms with Gasteiger partial charge in [0, 0.05) is 24.7 Å². The number of aliphatic hydroxyl groups excluding tert-OH is 1. The number of nitro benzene ring substituents is 1. The molecule has 2 atom stereocenters. The Labute approximate surface area is 121 Å². The van der Waals surface area contributed by atoms with Crippen LogP contribution in [0.2, 0.25) is 0 Å². The summed E-state index contributed by atoms with van der Waals surface area (Å²) in [4.78, 5) is 9.66. The number of aliphatic hydroxyl groups is 1. The molecule has 0 saturated carbocycles. The van der Waals surface area contributed by atoms with Crippen LogP contribution in [-0.2, 0) is 10.0 Å². The van der Waals surface area contributed by atoms with E-state index in [9.17, 15) is 23.6 Å². The highest BCUT2D eigenvalue weighted by atomic mass is 32.2. The number of non-ortho nitro benzene ring substituents is 1. The van der Waals surface area contributed by atoms with Gasteiger partial charge < -0.3 is 15.6 Å². The Kier molecular flexibility index (Phi) is 5.61. The fraction of sp³-hybridized carbons (Fsp3) is 0.455. The molecule has 0 aromatic heterocycles. The van der Waals surface area contributed by atoms with Gasteiger partial charge in [0.15, 0.2) is 0 Å². The average molecular weight is 319 g/mol. The van der Waals surface area contributed by atoms with Crippen LogP contribution in [0.1, 0.15) is 6.92 Å². The summed E-state index contributed by atoms with van der Waals surface area (Å²) >= 11 is 0. The number of nitrogens with two attached hydrogens (primary N) is 1. The van der Waals surface area contributed by atoms with Crippen LogP contribution in [0.5, 0.6) is 5.75 Å². The van der Waals surface area contributed by atoms with Crippen LogP contribution < -0.4 is 15.2 Å². The average Bonchev–Trinajstić information content (AvgIpc) is 2.43. The molecule has 4 N–H and O–H groups in total. The van der Waals surface area contributed by atoms with Crippen molar-refractivity contribution >= 4 is 15.7 Å². The molecule has 118 valence electrons. The maximum absolute atomic E-state index is 12.2. The number of benzene rings is 1. The first-order chi connectivity index (χ1) is 9.69. The van der Waals surface area contributed by atoms with Crippen molar-refractivity contribution in [3.05, 3.63) is 28.3 Å². The van der Waals surface area contributed by atoms with Crippen LogP contribution >= 0.6 is 0 Å². The van der Waals surface area contributed by atoms with E-state index in [0.717, 1.165) is 12.1 Å². The van der Waals surface area contributed by atoms with E-state index >= 15 is 0 Å². The third-order valence-corrected chi connectivity index (χ3v) is 4.22. The molecule has 0 radical (unpaired) electrons. The largest absolute Gasteiger partial charge is 0.495 e. The first-order valence-corrected chi connectivity index (χ1v) is 7.43. The fourth-order valence-corrected chi connectivity index (χ4v) is 2.70. The molecule has 0 bridgehead atoms. The van der Waals surface area contributed by atoms with Crippen molar-refractivity contribution in [1.29, 1.82) is 0 Å². The summed E-state index contributed by atoms with van der Waals surface area (Å²) in [5, 5.41) is 20.0. The molecule has 0 aliphatic heterocycles. The summed E-state index contributed by atoms with van der Waals surface area (Å²) in [5.41, 5.74) is 5.16. The molecule has 1 rings (SSSR count). The summed E-state index contributed by atoms with van der Waals surface area (Å²) in [6.07, 6.45) is -0.903. The number of rotatable bonds is 7. The molecular weight excluding hydrogens is 302 g/mol. The van der Waals surface area contributed by atoms with E-state index in [1.165, 1.54) is 20.1 Å². The van der Waals surface area contributed by atoms with Crippen molar-refractivity contribution in [3.8, 4) is 5.75 Å². The zero-order valence-corrected chi connectivity index (χ0v) is 12.3. The molecule has 2 unspecified atom stereocenters. The minimum absolute atomic E-state index is 0.0290. The molecule has 0 heterocycles. The highest BCUT2D eigenvalue weighted by Crippen LogP contribution is 2.27. The van der Waals surface area contributed by atoms with Gasteiger partial charge in [-0.05, 0) is 13.0 Å². The van der Waals surface area contributed by atoms with Gasteiger partial charge in [0.2, 0.25) is 10.0 Å². The van der Waals surface area contributed by atoms with E-state index in [0.29, 0.717) is 0 Å². The number of nitro groups is 1. The topological polar surface area (TPSA) is 145 Å². The SMILES string of the molecule is COc1ccc([N+](=O)[O-])cc1S(=O)(=O)NCC(N)C(C)O. The Morgan fingerprint density at radius 2 is 2.14 bits per heavy atom. The second-order valence-electron chi connectivity index (χ2n) is 4.35. The molecule has 1 aromatic rings. The van der Waals surface area contributed by atoms with Crippen molar-refractivity contribution in [2.45, 2.75) is 24.0 Å². The van der Waals surface area contributed by atoms with Crippen molar-refractivity contribution in [2.75, 3.05) is 13.7 Å². The van der Waals surface area contributed by atoms with Gasteiger partial charge in [-0.1, -0.05) is 0 Å². The second-order valence-corrected chi connectivity index (χ2v) is 6.08. The predicted molar refractivity (Wildman–Crippen MR) is 74.5 cm³/mol. The number of hydrogen-bond acceptors (Lipinski definition) is 7. The summed E-state index contributed by atoms with van der Waals surface area (Å²) in [7, 11) is -2.81. The molecule has 10 heteroatoms. The molecule has 1 aromatic carbocycles. The van der Waals surface area contributed by atoms with E-state index in [-0.39, 0.29) is 22.9 Å². The minimum Gasteiger partial charge on any atom is -0.495 e. The standard InChI is InChI=1S/C11H17N3O6S/c1-7(15)9(12)6-13-21(18,19)11-5-8(14(16)17)3-4-10(11)20-2/h3-5,7,9,13,15H,6,12H2,1-2H3. The maximum Gasteiger partial charge on any atom is 0.271 e. The van der Waals surface area contributed by atoms with Gasteiger partial charge in [0.25, 0.3) is 5.69 Å². The third kappa shape index (κ3) is 4.36. The highest BCUT2D eigenvalue weighted by molar-refractivity contribution is 7.89. The molecule has 0 aliphatic rings. The summed E-state index contributed by atoms with van der Waals surface area (Å²) in [6.45, 7) is 1.21. The Morgan fingerprint density at radius 3 is 2.62 bits per heavy atom. The van der Waals surface area contributed by atoms with E-state index in [1.807, 2.05) is 0 Å². The van der Waals surface area contributed by atoms with Crippen molar-refractivity contribution in [2.24, 2.45) is 5.73 Å². The summed E-state index contributed by atoms with van der Waals surface area (Å²) in [5.74, 6) is -0.0290. The molecule has 0 saturated heterocycles. The lowest BCUT2D eigenvalue weighted by molar-refractivity contribution is -0.385. The zero-order valence-electron chi connectivity index (χ0n) is 11.5. The van der Waals surface area contributed by atoms with Gasteiger partial charge in [-0.2, -0.15) is 0 Å². The van der Waals surface area contributed by atoms with Crippen molar-refractivity contribution in [1.82, 2.24) is 4.72 Å². The number of nitrogens with zero attached hydrogens (tertiary/aromatic N) is 1. The van der Waals surface area contributed by atoms with Crippen LogP contribution in [0.3, 0.4) is 0 Å². The first kappa shape index (κ1) is 17.3. The minimum atomic E-state index is -4.06. The van der Waals surface area contributed by atoms with Crippen LogP contribution in [-0.4, -0.2) is 44.2 Å². The van der Waals surface area contributed by atoms with E-state index < -0.39 is 27.1 Å². The Bertz CT molecular complexity index is 616. The van der Waals surface area contributed by atoms with Gasteiger partial charge in [-0.3, -0.25) is 10.1 Å². The molecule has 0 spiro atoms. The monoisotopic (exact) mass is 319 g/mol. The van der Waals surface area contributed by atoms with Gasteiger partial charge in [0.05, 0.1) is 18.1 Å². The third-order valence-electron chi connectivity index (χ3n) is 2.78. The lowest BCUT2D eigenvalue weighted by Crippen LogP contribution is -2.43. The number of hydrogen-bond donors (Lipinski definition) is 3. The number of methoxy groups -OCH3 is 1. The normalized spacial score (nSPS) is 14.5. The Morgan fingerprint density at radius 1 is 1.52 bits per heavy atom. The van der Waals surface area contributed by atoms with Crippen molar-refractivity contribution < 1.29 is 23.2 Å². The van der Waals surface area contributed by atoms with Gasteiger partial charge in [-0.15, -0.1) is 0 Å². The van der Waals surface area contributed by atoms with Crippen molar-refractivity contribution in [3.63, 3.8) is 0 Å². The number of ether oxygens (including phenoxy) is 1. The van der Waals surface area contributed by atoms with Crippen LogP contribution in [0.4, 0.5) is 5.69 Å². The lowest BCUT2D eigenvalue weighted by atomic mass is 10.2.